The summed E-state index contributed by atoms with van der Waals surface area (Å²) in [5.74, 6) is 0.166. The predicted molar refractivity (Wildman–Crippen MR) is 66.0 cm³/mol. The van der Waals surface area contributed by atoms with Crippen LogP contribution in [-0.2, 0) is 4.74 Å². The maximum atomic E-state index is 10.7. The highest BCUT2D eigenvalue weighted by Crippen LogP contribution is 2.29. The quantitative estimate of drug-likeness (QED) is 0.559. The van der Waals surface area contributed by atoms with Crippen LogP contribution in [0.5, 0.6) is 5.75 Å². The number of benzene rings is 1. The summed E-state index contributed by atoms with van der Waals surface area (Å²) in [6, 6.07) is 4.14. The Hall–Kier alpha value is -1.86. The predicted octanol–water partition coefficient (Wildman–Crippen LogP) is 1.02. The standard InChI is InChI=1S/C11H16N2O5/c1-17-7-9(6-14)12-8-3-4-10(13(15)16)11(5-8)18-2/h3-5,9,12,14H,6-7H2,1-2H3. The SMILES string of the molecule is COCC(CO)Nc1ccc([N+](=O)[O-])c(OC)c1. The number of aliphatic hydroxyl groups excluding tert-OH is 1. The number of nitrogens with one attached hydrogen (secondary N) is 1. The minimum atomic E-state index is -0.513. The molecular weight excluding hydrogens is 240 g/mol. The second kappa shape index (κ2) is 6.77. The summed E-state index contributed by atoms with van der Waals surface area (Å²) in [4.78, 5) is 10.2. The first-order valence-corrected chi connectivity index (χ1v) is 5.31. The zero-order valence-electron chi connectivity index (χ0n) is 10.3. The van der Waals surface area contributed by atoms with Gasteiger partial charge in [-0.25, -0.2) is 0 Å². The van der Waals surface area contributed by atoms with Crippen LogP contribution >= 0.6 is 0 Å². The summed E-state index contributed by atoms with van der Waals surface area (Å²) in [5.41, 5.74) is 0.517. The number of ether oxygens (including phenoxy) is 2. The van der Waals surface area contributed by atoms with E-state index in [1.165, 1.54) is 26.4 Å². The molecule has 18 heavy (non-hydrogen) atoms. The van der Waals surface area contributed by atoms with Crippen LogP contribution in [0.4, 0.5) is 11.4 Å². The average Bonchev–Trinajstić information content (AvgIpc) is 2.37. The molecule has 1 aromatic carbocycles. The molecule has 0 radical (unpaired) electrons. The van der Waals surface area contributed by atoms with E-state index in [0.29, 0.717) is 12.3 Å². The molecule has 0 heterocycles. The van der Waals surface area contributed by atoms with Gasteiger partial charge < -0.3 is 19.9 Å². The Bertz CT molecular complexity index is 410. The van der Waals surface area contributed by atoms with Gasteiger partial charge >= 0.3 is 5.69 Å². The Morgan fingerprint density at radius 3 is 2.72 bits per heavy atom. The number of hydrogen-bond acceptors (Lipinski definition) is 6. The fourth-order valence-corrected chi connectivity index (χ4v) is 1.50. The van der Waals surface area contributed by atoms with Gasteiger partial charge in [0.1, 0.15) is 0 Å². The largest absolute Gasteiger partial charge is 0.490 e. The fourth-order valence-electron chi connectivity index (χ4n) is 1.50. The number of anilines is 1. The van der Waals surface area contributed by atoms with Crippen molar-refractivity contribution in [1.82, 2.24) is 0 Å². The van der Waals surface area contributed by atoms with E-state index in [1.807, 2.05) is 0 Å². The number of aliphatic hydroxyl groups is 1. The van der Waals surface area contributed by atoms with Crippen LogP contribution < -0.4 is 10.1 Å². The van der Waals surface area contributed by atoms with E-state index in [0.717, 1.165) is 0 Å². The maximum absolute atomic E-state index is 10.7. The van der Waals surface area contributed by atoms with Crippen molar-refractivity contribution in [3.63, 3.8) is 0 Å². The molecule has 1 atom stereocenters. The molecule has 0 aliphatic heterocycles. The minimum Gasteiger partial charge on any atom is -0.490 e. The second-order valence-corrected chi connectivity index (χ2v) is 3.62. The van der Waals surface area contributed by atoms with Crippen molar-refractivity contribution in [2.24, 2.45) is 0 Å². The van der Waals surface area contributed by atoms with E-state index in [2.05, 4.69) is 5.32 Å². The lowest BCUT2D eigenvalue weighted by molar-refractivity contribution is -0.385. The molecule has 0 bridgehead atoms. The highest BCUT2D eigenvalue weighted by molar-refractivity contribution is 5.58. The van der Waals surface area contributed by atoms with E-state index in [4.69, 9.17) is 14.6 Å². The molecule has 0 saturated carbocycles. The van der Waals surface area contributed by atoms with Crippen molar-refractivity contribution in [1.29, 1.82) is 0 Å². The summed E-state index contributed by atoms with van der Waals surface area (Å²) in [7, 11) is 2.89. The Kier molecular flexibility index (Phi) is 5.34. The first-order valence-electron chi connectivity index (χ1n) is 5.31. The Morgan fingerprint density at radius 1 is 1.50 bits per heavy atom. The van der Waals surface area contributed by atoms with Gasteiger partial charge in [-0.3, -0.25) is 10.1 Å². The molecule has 0 fully saturated rings. The zero-order chi connectivity index (χ0) is 13.5. The van der Waals surface area contributed by atoms with Crippen molar-refractivity contribution in [3.05, 3.63) is 28.3 Å². The molecule has 0 aromatic heterocycles. The second-order valence-electron chi connectivity index (χ2n) is 3.62. The number of nitrogens with zero attached hydrogens (tertiary/aromatic N) is 1. The fraction of sp³-hybridized carbons (Fsp3) is 0.455. The third-order valence-electron chi connectivity index (χ3n) is 2.34. The molecule has 0 spiro atoms. The van der Waals surface area contributed by atoms with Crippen molar-refractivity contribution in [2.45, 2.75) is 6.04 Å². The van der Waals surface area contributed by atoms with Gasteiger partial charge in [-0.05, 0) is 6.07 Å². The Morgan fingerprint density at radius 2 is 2.22 bits per heavy atom. The lowest BCUT2D eigenvalue weighted by Gasteiger charge is -2.16. The van der Waals surface area contributed by atoms with E-state index in [9.17, 15) is 10.1 Å². The van der Waals surface area contributed by atoms with E-state index in [-0.39, 0.29) is 24.1 Å². The summed E-state index contributed by atoms with van der Waals surface area (Å²) in [6.45, 7) is 0.225. The molecule has 2 N–H and O–H groups in total. The number of nitro benzene ring substituents is 1. The highest BCUT2D eigenvalue weighted by Gasteiger charge is 2.15. The van der Waals surface area contributed by atoms with Crippen LogP contribution in [0.3, 0.4) is 0 Å². The summed E-state index contributed by atoms with van der Waals surface area (Å²) >= 11 is 0. The molecule has 0 saturated heterocycles. The third-order valence-corrected chi connectivity index (χ3v) is 2.34. The van der Waals surface area contributed by atoms with Gasteiger partial charge in [-0.15, -0.1) is 0 Å². The number of methoxy groups -OCH3 is 2. The molecule has 1 rings (SSSR count). The molecule has 0 aliphatic carbocycles. The van der Waals surface area contributed by atoms with Gasteiger partial charge in [0.25, 0.3) is 0 Å². The molecule has 7 heteroatoms. The van der Waals surface area contributed by atoms with Crippen molar-refractivity contribution in [2.75, 3.05) is 32.8 Å². The van der Waals surface area contributed by atoms with Gasteiger partial charge in [0.05, 0.1) is 31.3 Å². The van der Waals surface area contributed by atoms with E-state index < -0.39 is 4.92 Å². The third kappa shape index (κ3) is 3.57. The highest BCUT2D eigenvalue weighted by atomic mass is 16.6. The lowest BCUT2D eigenvalue weighted by atomic mass is 10.2. The van der Waals surface area contributed by atoms with Crippen molar-refractivity contribution in [3.8, 4) is 5.75 Å². The Labute approximate surface area is 104 Å². The summed E-state index contributed by atoms with van der Waals surface area (Å²) in [5, 5.41) is 22.8. The van der Waals surface area contributed by atoms with Crippen LogP contribution in [0.1, 0.15) is 0 Å². The smallest absolute Gasteiger partial charge is 0.311 e. The van der Waals surface area contributed by atoms with Gasteiger partial charge in [0, 0.05) is 24.9 Å². The van der Waals surface area contributed by atoms with Gasteiger partial charge in [0.2, 0.25) is 0 Å². The molecule has 0 aliphatic rings. The summed E-state index contributed by atoms with van der Waals surface area (Å²) in [6.07, 6.45) is 0. The van der Waals surface area contributed by atoms with Crippen LogP contribution in [-0.4, -0.2) is 43.5 Å². The maximum Gasteiger partial charge on any atom is 0.311 e. The van der Waals surface area contributed by atoms with E-state index >= 15 is 0 Å². The van der Waals surface area contributed by atoms with Crippen molar-refractivity contribution >= 4 is 11.4 Å². The first kappa shape index (κ1) is 14.2. The van der Waals surface area contributed by atoms with Gasteiger partial charge in [-0.1, -0.05) is 0 Å². The Balaban J connectivity index is 2.88. The molecule has 0 amide bonds. The lowest BCUT2D eigenvalue weighted by Crippen LogP contribution is -2.28. The molecule has 100 valence electrons. The van der Waals surface area contributed by atoms with Crippen LogP contribution in [0, 0.1) is 10.1 Å². The summed E-state index contributed by atoms with van der Waals surface area (Å²) < 4.78 is 9.87. The normalized spacial score (nSPS) is 11.9. The molecule has 7 nitrogen and oxygen atoms in total. The van der Waals surface area contributed by atoms with Crippen molar-refractivity contribution < 1.29 is 19.5 Å². The van der Waals surface area contributed by atoms with Gasteiger partial charge in [-0.2, -0.15) is 0 Å². The molecular formula is C11H16N2O5. The van der Waals surface area contributed by atoms with Gasteiger partial charge in [0.15, 0.2) is 5.75 Å². The van der Waals surface area contributed by atoms with Crippen LogP contribution in [0.25, 0.3) is 0 Å². The number of hydrogen-bond donors (Lipinski definition) is 2. The van der Waals surface area contributed by atoms with E-state index in [1.54, 1.807) is 6.07 Å². The number of rotatable bonds is 7. The monoisotopic (exact) mass is 256 g/mol. The first-order chi connectivity index (χ1) is 8.62. The topological polar surface area (TPSA) is 93.9 Å². The zero-order valence-corrected chi connectivity index (χ0v) is 10.3. The van der Waals surface area contributed by atoms with Crippen LogP contribution in [0.15, 0.2) is 18.2 Å². The number of nitro groups is 1. The van der Waals surface area contributed by atoms with Crippen LogP contribution in [0.2, 0.25) is 0 Å². The minimum absolute atomic E-state index is 0.102. The molecule has 1 aromatic rings. The molecule has 1 unspecified atom stereocenters. The average molecular weight is 256 g/mol.